The number of fused-ring (bicyclic) bond motifs is 1. The molecule has 5 heteroatoms. The minimum atomic E-state index is 0.176. The highest BCUT2D eigenvalue weighted by molar-refractivity contribution is 7.22. The maximum absolute atomic E-state index is 11.9. The summed E-state index contributed by atoms with van der Waals surface area (Å²) in [4.78, 5) is 18.0. The summed E-state index contributed by atoms with van der Waals surface area (Å²) in [5, 5.41) is 1.45. The second-order valence-corrected chi connectivity index (χ2v) is 5.73. The number of carbonyl (C=O) groups is 1. The van der Waals surface area contributed by atoms with Crippen molar-refractivity contribution in [3.63, 3.8) is 0 Å². The second-order valence-electron chi connectivity index (χ2n) is 4.28. The zero-order valence-electron chi connectivity index (χ0n) is 9.31. The van der Waals surface area contributed by atoms with Crippen LogP contribution in [0.3, 0.4) is 0 Å². The van der Waals surface area contributed by atoms with E-state index in [2.05, 4.69) is 4.98 Å². The molecule has 2 aromatic rings. The summed E-state index contributed by atoms with van der Waals surface area (Å²) >= 11 is 7.43. The predicted octanol–water partition coefficient (Wildman–Crippen LogP) is 3.32. The molecule has 0 N–H and O–H groups in total. The average Bonchev–Trinajstić information content (AvgIpc) is 3.07. The van der Waals surface area contributed by atoms with Crippen LogP contribution in [-0.2, 0) is 4.79 Å². The number of hydrogen-bond donors (Lipinski definition) is 0. The van der Waals surface area contributed by atoms with Gasteiger partial charge < -0.3 is 0 Å². The Morgan fingerprint density at radius 3 is 3.00 bits per heavy atom. The van der Waals surface area contributed by atoms with Crippen LogP contribution < -0.4 is 4.90 Å². The zero-order valence-corrected chi connectivity index (χ0v) is 10.9. The molecule has 1 aromatic heterocycles. The molecule has 1 heterocycles. The Balaban J connectivity index is 1.96. The first-order valence-electron chi connectivity index (χ1n) is 5.49. The number of aromatic nitrogens is 1. The van der Waals surface area contributed by atoms with Gasteiger partial charge in [0.1, 0.15) is 0 Å². The lowest BCUT2D eigenvalue weighted by Crippen LogP contribution is -2.27. The van der Waals surface area contributed by atoms with Crippen LogP contribution in [0.4, 0.5) is 5.13 Å². The van der Waals surface area contributed by atoms with E-state index >= 15 is 0 Å². The van der Waals surface area contributed by atoms with Gasteiger partial charge in [0.2, 0.25) is 5.91 Å². The molecule has 88 valence electrons. The lowest BCUT2D eigenvalue weighted by Gasteiger charge is -2.12. The van der Waals surface area contributed by atoms with Crippen molar-refractivity contribution < 1.29 is 4.79 Å². The van der Waals surface area contributed by atoms with E-state index < -0.39 is 0 Å². The number of anilines is 1. The Morgan fingerprint density at radius 2 is 2.29 bits per heavy atom. The molecule has 17 heavy (non-hydrogen) atoms. The highest BCUT2D eigenvalue weighted by Gasteiger charge is 2.33. The van der Waals surface area contributed by atoms with Crippen LogP contribution in [0, 0.1) is 5.92 Å². The molecule has 0 aliphatic heterocycles. The molecule has 0 saturated heterocycles. The van der Waals surface area contributed by atoms with Gasteiger partial charge in [0.15, 0.2) is 5.13 Å². The number of carbonyl (C=O) groups excluding carboxylic acids is 1. The molecule has 0 atom stereocenters. The minimum absolute atomic E-state index is 0.176. The van der Waals surface area contributed by atoms with E-state index in [1.54, 1.807) is 11.9 Å². The number of benzene rings is 1. The first-order valence-corrected chi connectivity index (χ1v) is 6.68. The van der Waals surface area contributed by atoms with Crippen molar-refractivity contribution >= 4 is 44.2 Å². The number of thiazole rings is 1. The van der Waals surface area contributed by atoms with E-state index in [9.17, 15) is 4.79 Å². The molecular weight excluding hydrogens is 256 g/mol. The first-order chi connectivity index (χ1) is 8.15. The highest BCUT2D eigenvalue weighted by Crippen LogP contribution is 2.35. The summed E-state index contributed by atoms with van der Waals surface area (Å²) in [6.07, 6.45) is 2.03. The first kappa shape index (κ1) is 11.0. The Morgan fingerprint density at radius 1 is 1.53 bits per heavy atom. The van der Waals surface area contributed by atoms with Crippen molar-refractivity contribution in [2.45, 2.75) is 12.8 Å². The quantitative estimate of drug-likeness (QED) is 0.835. The summed E-state index contributed by atoms with van der Waals surface area (Å²) in [6, 6.07) is 5.58. The van der Waals surface area contributed by atoms with Gasteiger partial charge in [-0.3, -0.25) is 9.69 Å². The van der Waals surface area contributed by atoms with Crippen molar-refractivity contribution in [1.29, 1.82) is 0 Å². The summed E-state index contributed by atoms with van der Waals surface area (Å²) in [5.41, 5.74) is 0.893. The van der Waals surface area contributed by atoms with Crippen LogP contribution in [0.5, 0.6) is 0 Å². The van der Waals surface area contributed by atoms with Crippen molar-refractivity contribution in [3.05, 3.63) is 23.2 Å². The van der Waals surface area contributed by atoms with E-state index in [-0.39, 0.29) is 11.8 Å². The van der Waals surface area contributed by atoms with Crippen LogP contribution in [0.25, 0.3) is 10.2 Å². The van der Waals surface area contributed by atoms with E-state index in [0.717, 1.165) is 28.2 Å². The molecular formula is C12H11ClN2OS. The number of hydrogen-bond acceptors (Lipinski definition) is 3. The van der Waals surface area contributed by atoms with Gasteiger partial charge in [-0.2, -0.15) is 0 Å². The third kappa shape index (κ3) is 2.03. The van der Waals surface area contributed by atoms with Gasteiger partial charge in [-0.1, -0.05) is 22.9 Å². The molecule has 1 aliphatic carbocycles. The van der Waals surface area contributed by atoms with Crippen molar-refractivity contribution in [3.8, 4) is 0 Å². The smallest absolute Gasteiger partial charge is 0.231 e. The molecule has 0 unspecified atom stereocenters. The Bertz CT molecular complexity index is 591. The normalized spacial score (nSPS) is 15.2. The van der Waals surface area contributed by atoms with E-state index in [4.69, 9.17) is 11.6 Å². The number of halogens is 1. The fraction of sp³-hybridized carbons (Fsp3) is 0.333. The molecule has 0 spiro atoms. The SMILES string of the molecule is CN(C(=O)C1CC1)c1nc2ccc(Cl)cc2s1. The molecule has 1 fully saturated rings. The summed E-state index contributed by atoms with van der Waals surface area (Å²) in [6.45, 7) is 0. The summed E-state index contributed by atoms with van der Waals surface area (Å²) < 4.78 is 1.02. The van der Waals surface area contributed by atoms with Crippen molar-refractivity contribution in [2.24, 2.45) is 5.92 Å². The molecule has 1 aliphatic rings. The monoisotopic (exact) mass is 266 g/mol. The summed E-state index contributed by atoms with van der Waals surface area (Å²) in [5.74, 6) is 0.394. The fourth-order valence-electron chi connectivity index (χ4n) is 1.73. The lowest BCUT2D eigenvalue weighted by atomic mass is 10.3. The van der Waals surface area contributed by atoms with Gasteiger partial charge >= 0.3 is 0 Å². The van der Waals surface area contributed by atoms with Crippen molar-refractivity contribution in [1.82, 2.24) is 4.98 Å². The third-order valence-corrected chi connectivity index (χ3v) is 4.21. The van der Waals surface area contributed by atoms with E-state index in [1.165, 1.54) is 11.3 Å². The summed E-state index contributed by atoms with van der Waals surface area (Å²) in [7, 11) is 1.79. The molecule has 3 rings (SSSR count). The Kier molecular flexibility index (Phi) is 2.56. The average molecular weight is 267 g/mol. The standard InChI is InChI=1S/C12H11ClN2OS/c1-15(11(16)7-2-3-7)12-14-9-5-4-8(13)6-10(9)17-12/h4-7H,2-3H2,1H3. The topological polar surface area (TPSA) is 33.2 Å². The van der Waals surface area contributed by atoms with Gasteiger partial charge in [-0.15, -0.1) is 0 Å². The van der Waals surface area contributed by atoms with Crippen LogP contribution in [0.15, 0.2) is 18.2 Å². The van der Waals surface area contributed by atoms with Gasteiger partial charge in [-0.05, 0) is 31.0 Å². The predicted molar refractivity (Wildman–Crippen MR) is 70.8 cm³/mol. The lowest BCUT2D eigenvalue weighted by molar-refractivity contribution is -0.119. The highest BCUT2D eigenvalue weighted by atomic mass is 35.5. The molecule has 1 saturated carbocycles. The number of amides is 1. The number of rotatable bonds is 2. The van der Waals surface area contributed by atoms with Crippen LogP contribution >= 0.6 is 22.9 Å². The maximum Gasteiger partial charge on any atom is 0.231 e. The van der Waals surface area contributed by atoms with E-state index in [1.807, 2.05) is 18.2 Å². The molecule has 3 nitrogen and oxygen atoms in total. The van der Waals surface area contributed by atoms with Gasteiger partial charge in [0, 0.05) is 18.0 Å². The van der Waals surface area contributed by atoms with Gasteiger partial charge in [0.05, 0.1) is 10.2 Å². The Hall–Kier alpha value is -1.13. The van der Waals surface area contributed by atoms with Crippen LogP contribution in [0.1, 0.15) is 12.8 Å². The minimum Gasteiger partial charge on any atom is -0.291 e. The van der Waals surface area contributed by atoms with E-state index in [0.29, 0.717) is 5.02 Å². The molecule has 1 amide bonds. The maximum atomic E-state index is 11.9. The van der Waals surface area contributed by atoms with Crippen LogP contribution in [-0.4, -0.2) is 17.9 Å². The molecule has 0 radical (unpaired) electrons. The van der Waals surface area contributed by atoms with Crippen LogP contribution in [0.2, 0.25) is 5.02 Å². The molecule has 1 aromatic carbocycles. The van der Waals surface area contributed by atoms with Crippen molar-refractivity contribution in [2.75, 3.05) is 11.9 Å². The second kappa shape index (κ2) is 3.96. The Labute approximate surface area is 108 Å². The van der Waals surface area contributed by atoms with Gasteiger partial charge in [0.25, 0.3) is 0 Å². The largest absolute Gasteiger partial charge is 0.291 e. The number of nitrogens with zero attached hydrogens (tertiary/aromatic N) is 2. The molecule has 0 bridgehead atoms. The third-order valence-electron chi connectivity index (χ3n) is 2.88. The van der Waals surface area contributed by atoms with Gasteiger partial charge in [-0.25, -0.2) is 4.98 Å². The zero-order chi connectivity index (χ0) is 12.0. The fourth-order valence-corrected chi connectivity index (χ4v) is 2.94.